The van der Waals surface area contributed by atoms with Crippen molar-refractivity contribution in [2.24, 2.45) is 11.5 Å². The Hall–Kier alpha value is -0.610. The topological polar surface area (TPSA) is 78.3 Å². The Balaban J connectivity index is 3.68. The smallest absolute Gasteiger partial charge is 0.323 e. The SMILES string of the molecule is CCC(C)OC(=O)[C@H](N)CCCN. The number of rotatable bonds is 6. The molecule has 0 bridgehead atoms. The van der Waals surface area contributed by atoms with E-state index >= 15 is 0 Å². The van der Waals surface area contributed by atoms with Crippen LogP contribution in [-0.2, 0) is 9.53 Å². The van der Waals surface area contributed by atoms with Gasteiger partial charge in [0.05, 0.1) is 6.10 Å². The van der Waals surface area contributed by atoms with Crippen LogP contribution < -0.4 is 11.5 Å². The summed E-state index contributed by atoms with van der Waals surface area (Å²) in [5.74, 6) is -0.317. The number of hydrogen-bond acceptors (Lipinski definition) is 4. The minimum Gasteiger partial charge on any atom is -0.462 e. The van der Waals surface area contributed by atoms with Crippen LogP contribution in [0.15, 0.2) is 0 Å². The fourth-order valence-corrected chi connectivity index (χ4v) is 0.825. The van der Waals surface area contributed by atoms with Gasteiger partial charge < -0.3 is 16.2 Å². The average Bonchev–Trinajstić information content (AvgIpc) is 2.13. The molecule has 0 fully saturated rings. The first-order chi connectivity index (χ1) is 6.11. The molecule has 0 saturated carbocycles. The number of carbonyl (C=O) groups excluding carboxylic acids is 1. The summed E-state index contributed by atoms with van der Waals surface area (Å²) in [4.78, 5) is 11.2. The highest BCUT2D eigenvalue weighted by Gasteiger charge is 2.16. The van der Waals surface area contributed by atoms with E-state index in [0.29, 0.717) is 13.0 Å². The summed E-state index contributed by atoms with van der Waals surface area (Å²) in [7, 11) is 0. The van der Waals surface area contributed by atoms with Crippen LogP contribution in [0.25, 0.3) is 0 Å². The first-order valence-corrected chi connectivity index (χ1v) is 4.78. The van der Waals surface area contributed by atoms with Crippen molar-refractivity contribution in [2.45, 2.75) is 45.3 Å². The third kappa shape index (κ3) is 5.60. The quantitative estimate of drug-likeness (QED) is 0.591. The van der Waals surface area contributed by atoms with Gasteiger partial charge in [-0.1, -0.05) is 6.92 Å². The van der Waals surface area contributed by atoms with Gasteiger partial charge in [0.15, 0.2) is 0 Å². The van der Waals surface area contributed by atoms with Gasteiger partial charge in [-0.2, -0.15) is 0 Å². The first kappa shape index (κ1) is 12.4. The lowest BCUT2D eigenvalue weighted by Crippen LogP contribution is -2.34. The van der Waals surface area contributed by atoms with E-state index in [1.807, 2.05) is 13.8 Å². The molecule has 0 aliphatic rings. The zero-order valence-electron chi connectivity index (χ0n) is 8.45. The molecule has 0 heterocycles. The van der Waals surface area contributed by atoms with Crippen LogP contribution in [0.4, 0.5) is 0 Å². The van der Waals surface area contributed by atoms with E-state index in [-0.39, 0.29) is 12.1 Å². The van der Waals surface area contributed by atoms with Crippen LogP contribution in [0.1, 0.15) is 33.1 Å². The van der Waals surface area contributed by atoms with E-state index in [9.17, 15) is 4.79 Å². The van der Waals surface area contributed by atoms with Crippen LogP contribution in [-0.4, -0.2) is 24.7 Å². The van der Waals surface area contributed by atoms with Crippen molar-refractivity contribution < 1.29 is 9.53 Å². The van der Waals surface area contributed by atoms with E-state index in [0.717, 1.165) is 12.8 Å². The van der Waals surface area contributed by atoms with Gasteiger partial charge in [0.25, 0.3) is 0 Å². The predicted octanol–water partition coefficient (Wildman–Crippen LogP) is 0.394. The third-order valence-corrected chi connectivity index (χ3v) is 1.91. The van der Waals surface area contributed by atoms with E-state index in [1.54, 1.807) is 0 Å². The van der Waals surface area contributed by atoms with Crippen LogP contribution in [0.5, 0.6) is 0 Å². The Morgan fingerprint density at radius 3 is 2.62 bits per heavy atom. The van der Waals surface area contributed by atoms with Crippen molar-refractivity contribution >= 4 is 5.97 Å². The van der Waals surface area contributed by atoms with Crippen molar-refractivity contribution in [3.63, 3.8) is 0 Å². The van der Waals surface area contributed by atoms with Gasteiger partial charge >= 0.3 is 5.97 Å². The van der Waals surface area contributed by atoms with Gasteiger partial charge in [-0.05, 0) is 32.7 Å². The molecule has 0 radical (unpaired) electrons. The molecular formula is C9H20N2O2. The second-order valence-corrected chi connectivity index (χ2v) is 3.19. The highest BCUT2D eigenvalue weighted by atomic mass is 16.5. The molecule has 1 unspecified atom stereocenters. The summed E-state index contributed by atoms with van der Waals surface area (Å²) in [6, 6.07) is -0.516. The van der Waals surface area contributed by atoms with Crippen LogP contribution in [0, 0.1) is 0 Å². The van der Waals surface area contributed by atoms with Crippen molar-refractivity contribution in [3.8, 4) is 0 Å². The fraction of sp³-hybridized carbons (Fsp3) is 0.889. The highest BCUT2D eigenvalue weighted by Crippen LogP contribution is 2.01. The molecule has 4 heteroatoms. The molecule has 0 spiro atoms. The molecule has 2 atom stereocenters. The lowest BCUT2D eigenvalue weighted by molar-refractivity contribution is -0.150. The van der Waals surface area contributed by atoms with E-state index < -0.39 is 6.04 Å². The molecule has 0 aromatic carbocycles. The van der Waals surface area contributed by atoms with E-state index in [4.69, 9.17) is 16.2 Å². The summed E-state index contributed by atoms with van der Waals surface area (Å²) in [6.45, 7) is 4.38. The fourth-order valence-electron chi connectivity index (χ4n) is 0.825. The average molecular weight is 188 g/mol. The minimum absolute atomic E-state index is 0.0450. The summed E-state index contributed by atoms with van der Waals surface area (Å²) in [6.07, 6.45) is 2.13. The Morgan fingerprint density at radius 1 is 1.54 bits per heavy atom. The predicted molar refractivity (Wildman–Crippen MR) is 52.1 cm³/mol. The lowest BCUT2D eigenvalue weighted by Gasteiger charge is -2.14. The Bertz CT molecular complexity index is 151. The third-order valence-electron chi connectivity index (χ3n) is 1.91. The normalized spacial score (nSPS) is 15.1. The summed E-state index contributed by atoms with van der Waals surface area (Å²) in [5.41, 5.74) is 10.9. The highest BCUT2D eigenvalue weighted by molar-refractivity contribution is 5.75. The van der Waals surface area contributed by atoms with Crippen molar-refractivity contribution in [1.29, 1.82) is 0 Å². The minimum atomic E-state index is -0.516. The number of ether oxygens (including phenoxy) is 1. The molecule has 0 aliphatic heterocycles. The van der Waals surface area contributed by atoms with Crippen molar-refractivity contribution in [2.75, 3.05) is 6.54 Å². The number of hydrogen-bond donors (Lipinski definition) is 2. The Kier molecular flexibility index (Phi) is 6.54. The second-order valence-electron chi connectivity index (χ2n) is 3.19. The maximum absolute atomic E-state index is 11.2. The van der Waals surface area contributed by atoms with Gasteiger partial charge in [0.1, 0.15) is 6.04 Å². The maximum atomic E-state index is 11.2. The summed E-state index contributed by atoms with van der Waals surface area (Å²) >= 11 is 0. The van der Waals surface area contributed by atoms with Crippen molar-refractivity contribution in [3.05, 3.63) is 0 Å². The second kappa shape index (κ2) is 6.86. The summed E-state index contributed by atoms with van der Waals surface area (Å²) < 4.78 is 5.05. The van der Waals surface area contributed by atoms with E-state index in [2.05, 4.69) is 0 Å². The van der Waals surface area contributed by atoms with Gasteiger partial charge in [-0.15, -0.1) is 0 Å². The molecule has 0 saturated heterocycles. The Labute approximate surface area is 79.6 Å². The van der Waals surface area contributed by atoms with Gasteiger partial charge in [0, 0.05) is 0 Å². The molecule has 78 valence electrons. The van der Waals surface area contributed by atoms with Crippen LogP contribution in [0.3, 0.4) is 0 Å². The zero-order valence-corrected chi connectivity index (χ0v) is 8.45. The molecule has 0 aromatic rings. The molecule has 0 amide bonds. The van der Waals surface area contributed by atoms with Gasteiger partial charge in [-0.3, -0.25) is 4.79 Å². The number of nitrogens with two attached hydrogens (primary N) is 2. The monoisotopic (exact) mass is 188 g/mol. The van der Waals surface area contributed by atoms with Crippen molar-refractivity contribution in [1.82, 2.24) is 0 Å². The first-order valence-electron chi connectivity index (χ1n) is 4.78. The molecular weight excluding hydrogens is 168 g/mol. The lowest BCUT2D eigenvalue weighted by atomic mass is 10.2. The molecule has 13 heavy (non-hydrogen) atoms. The van der Waals surface area contributed by atoms with Crippen LogP contribution in [0.2, 0.25) is 0 Å². The molecule has 4 nitrogen and oxygen atoms in total. The number of carbonyl (C=O) groups is 1. The molecule has 0 rings (SSSR count). The standard InChI is InChI=1S/C9H20N2O2/c1-3-7(2)13-9(12)8(11)5-4-6-10/h7-8H,3-6,10-11H2,1-2H3/t7?,8-/m1/s1. The zero-order chi connectivity index (χ0) is 10.3. The van der Waals surface area contributed by atoms with Gasteiger partial charge in [0.2, 0.25) is 0 Å². The molecule has 0 aromatic heterocycles. The largest absolute Gasteiger partial charge is 0.462 e. The Morgan fingerprint density at radius 2 is 2.15 bits per heavy atom. The number of esters is 1. The summed E-state index contributed by atoms with van der Waals surface area (Å²) in [5, 5.41) is 0. The van der Waals surface area contributed by atoms with Gasteiger partial charge in [-0.25, -0.2) is 0 Å². The van der Waals surface area contributed by atoms with E-state index in [1.165, 1.54) is 0 Å². The molecule has 4 N–H and O–H groups in total. The molecule has 0 aliphatic carbocycles. The van der Waals surface area contributed by atoms with Crippen LogP contribution >= 0.6 is 0 Å². The maximum Gasteiger partial charge on any atom is 0.323 e.